The summed E-state index contributed by atoms with van der Waals surface area (Å²) in [4.78, 5) is 10.1. The topological polar surface area (TPSA) is 44.0 Å². The van der Waals surface area contributed by atoms with E-state index >= 15 is 0 Å². The second-order valence-corrected chi connectivity index (χ2v) is 5.62. The number of pyridine rings is 1. The van der Waals surface area contributed by atoms with E-state index in [1.165, 1.54) is 10.9 Å². The molecule has 1 aliphatic rings. The predicted molar refractivity (Wildman–Crippen MR) is 73.5 cm³/mol. The van der Waals surface area contributed by atoms with Crippen molar-refractivity contribution in [1.82, 2.24) is 20.2 Å². The minimum absolute atomic E-state index is 0.212. The molecule has 0 amide bonds. The zero-order valence-corrected chi connectivity index (χ0v) is 11.0. The van der Waals surface area contributed by atoms with Crippen molar-refractivity contribution in [2.75, 3.05) is 19.6 Å². The van der Waals surface area contributed by atoms with Crippen LogP contribution in [0.4, 0.5) is 0 Å². The van der Waals surface area contributed by atoms with Crippen LogP contribution in [0.1, 0.15) is 19.4 Å². The number of H-pyrrole nitrogens is 1. The molecule has 1 fully saturated rings. The monoisotopic (exact) mass is 244 g/mol. The van der Waals surface area contributed by atoms with Gasteiger partial charge in [0.15, 0.2) is 0 Å². The maximum atomic E-state index is 4.34. The van der Waals surface area contributed by atoms with Crippen LogP contribution in [0.25, 0.3) is 11.0 Å². The highest BCUT2D eigenvalue weighted by atomic mass is 15.2. The Kier molecular flexibility index (Phi) is 2.84. The normalized spacial score (nSPS) is 20.3. The number of rotatable bonds is 2. The fourth-order valence-corrected chi connectivity index (χ4v) is 2.66. The number of hydrogen-bond donors (Lipinski definition) is 2. The number of nitrogens with zero attached hydrogens (tertiary/aromatic N) is 2. The summed E-state index contributed by atoms with van der Waals surface area (Å²) in [6, 6.07) is 4.14. The molecular weight excluding hydrogens is 224 g/mol. The van der Waals surface area contributed by atoms with Crippen LogP contribution >= 0.6 is 0 Å². The third-order valence-corrected chi connectivity index (χ3v) is 3.87. The van der Waals surface area contributed by atoms with Crippen LogP contribution in [0.3, 0.4) is 0 Å². The third kappa shape index (κ3) is 2.02. The lowest BCUT2D eigenvalue weighted by atomic mass is 9.99. The Morgan fingerprint density at radius 3 is 3.17 bits per heavy atom. The van der Waals surface area contributed by atoms with Gasteiger partial charge < -0.3 is 10.3 Å². The standard InChI is InChI=1S/C14H20N4/c1-14(2)10-15-6-7-18(14)9-11-8-17-13-12(11)4-3-5-16-13/h3-5,8,15H,6-7,9-10H2,1-2H3,(H,16,17). The van der Waals surface area contributed by atoms with Gasteiger partial charge in [-0.3, -0.25) is 4.90 Å². The average Bonchev–Trinajstić information content (AvgIpc) is 2.75. The summed E-state index contributed by atoms with van der Waals surface area (Å²) in [5, 5.41) is 4.70. The van der Waals surface area contributed by atoms with Crippen molar-refractivity contribution >= 4 is 11.0 Å². The molecule has 4 heteroatoms. The molecule has 1 aliphatic heterocycles. The average molecular weight is 244 g/mol. The van der Waals surface area contributed by atoms with E-state index in [0.29, 0.717) is 0 Å². The van der Waals surface area contributed by atoms with Gasteiger partial charge in [-0.1, -0.05) is 0 Å². The molecule has 0 aromatic carbocycles. The van der Waals surface area contributed by atoms with Crippen LogP contribution < -0.4 is 5.32 Å². The minimum Gasteiger partial charge on any atom is -0.346 e. The van der Waals surface area contributed by atoms with Gasteiger partial charge >= 0.3 is 0 Å². The first-order valence-electron chi connectivity index (χ1n) is 6.53. The van der Waals surface area contributed by atoms with E-state index < -0.39 is 0 Å². The maximum absolute atomic E-state index is 4.34. The Labute approximate surface area is 107 Å². The Morgan fingerprint density at radius 2 is 2.33 bits per heavy atom. The van der Waals surface area contributed by atoms with Gasteiger partial charge in [-0.25, -0.2) is 4.98 Å². The van der Waals surface area contributed by atoms with Crippen molar-refractivity contribution in [1.29, 1.82) is 0 Å². The number of piperazine rings is 1. The van der Waals surface area contributed by atoms with E-state index in [1.54, 1.807) is 0 Å². The summed E-state index contributed by atoms with van der Waals surface area (Å²) in [6.07, 6.45) is 3.92. The van der Waals surface area contributed by atoms with Gasteiger partial charge in [-0.15, -0.1) is 0 Å². The molecule has 2 N–H and O–H groups in total. The second kappa shape index (κ2) is 4.37. The molecule has 3 rings (SSSR count). The zero-order valence-electron chi connectivity index (χ0n) is 11.0. The summed E-state index contributed by atoms with van der Waals surface area (Å²) in [6.45, 7) is 8.80. The van der Waals surface area contributed by atoms with Crippen LogP contribution in [0.2, 0.25) is 0 Å². The Hall–Kier alpha value is -1.39. The molecule has 2 aromatic heterocycles. The van der Waals surface area contributed by atoms with Gasteiger partial charge in [-0.2, -0.15) is 0 Å². The lowest BCUT2D eigenvalue weighted by Crippen LogP contribution is -2.57. The first kappa shape index (κ1) is 11.7. The fraction of sp³-hybridized carbons (Fsp3) is 0.500. The second-order valence-electron chi connectivity index (χ2n) is 5.62. The molecule has 4 nitrogen and oxygen atoms in total. The zero-order chi connectivity index (χ0) is 12.6. The van der Waals surface area contributed by atoms with Gasteiger partial charge in [0, 0.05) is 49.5 Å². The molecule has 18 heavy (non-hydrogen) atoms. The predicted octanol–water partition coefficient (Wildman–Crippen LogP) is 1.75. The summed E-state index contributed by atoms with van der Waals surface area (Å²) in [5.41, 5.74) is 2.54. The maximum Gasteiger partial charge on any atom is 0.137 e. The van der Waals surface area contributed by atoms with Crippen molar-refractivity contribution in [3.63, 3.8) is 0 Å². The van der Waals surface area contributed by atoms with Crippen LogP contribution in [-0.2, 0) is 6.54 Å². The number of nitrogens with one attached hydrogen (secondary N) is 2. The quantitative estimate of drug-likeness (QED) is 0.846. The Morgan fingerprint density at radius 1 is 1.44 bits per heavy atom. The number of aromatic amines is 1. The van der Waals surface area contributed by atoms with Crippen molar-refractivity contribution in [2.24, 2.45) is 0 Å². The molecule has 0 bridgehead atoms. The molecule has 1 saturated heterocycles. The molecule has 0 spiro atoms. The number of hydrogen-bond acceptors (Lipinski definition) is 3. The van der Waals surface area contributed by atoms with Crippen molar-refractivity contribution in [2.45, 2.75) is 25.9 Å². The van der Waals surface area contributed by atoms with Crippen molar-refractivity contribution in [3.8, 4) is 0 Å². The van der Waals surface area contributed by atoms with Gasteiger partial charge in [0.1, 0.15) is 5.65 Å². The molecule has 0 saturated carbocycles. The molecule has 2 aromatic rings. The van der Waals surface area contributed by atoms with E-state index in [2.05, 4.69) is 46.3 Å². The molecular formula is C14H20N4. The highest BCUT2D eigenvalue weighted by Gasteiger charge is 2.29. The van der Waals surface area contributed by atoms with Crippen LogP contribution in [0, 0.1) is 0 Å². The lowest BCUT2D eigenvalue weighted by molar-refractivity contribution is 0.0832. The van der Waals surface area contributed by atoms with E-state index in [9.17, 15) is 0 Å². The Bertz CT molecular complexity index is 543. The van der Waals surface area contributed by atoms with Crippen molar-refractivity contribution < 1.29 is 0 Å². The van der Waals surface area contributed by atoms with Crippen LogP contribution in [-0.4, -0.2) is 40.0 Å². The first-order valence-corrected chi connectivity index (χ1v) is 6.53. The van der Waals surface area contributed by atoms with E-state index in [4.69, 9.17) is 0 Å². The SMILES string of the molecule is CC1(C)CNCCN1Cc1c[nH]c2ncccc12. The van der Waals surface area contributed by atoms with Crippen LogP contribution in [0.5, 0.6) is 0 Å². The van der Waals surface area contributed by atoms with Crippen molar-refractivity contribution in [3.05, 3.63) is 30.1 Å². The molecule has 96 valence electrons. The highest BCUT2D eigenvalue weighted by Crippen LogP contribution is 2.23. The number of fused-ring (bicyclic) bond motifs is 1. The first-order chi connectivity index (χ1) is 8.67. The van der Waals surface area contributed by atoms with E-state index in [0.717, 1.165) is 31.8 Å². The van der Waals surface area contributed by atoms with Gasteiger partial charge in [-0.05, 0) is 31.5 Å². The lowest BCUT2D eigenvalue weighted by Gasteiger charge is -2.42. The third-order valence-electron chi connectivity index (χ3n) is 3.87. The number of aromatic nitrogens is 2. The molecule has 3 heterocycles. The smallest absolute Gasteiger partial charge is 0.137 e. The molecule has 0 atom stereocenters. The Balaban J connectivity index is 1.87. The van der Waals surface area contributed by atoms with Gasteiger partial charge in [0.25, 0.3) is 0 Å². The summed E-state index contributed by atoms with van der Waals surface area (Å²) in [5.74, 6) is 0. The van der Waals surface area contributed by atoms with E-state index in [1.807, 2.05) is 12.3 Å². The van der Waals surface area contributed by atoms with Gasteiger partial charge in [0.2, 0.25) is 0 Å². The molecule has 0 unspecified atom stereocenters. The fourth-order valence-electron chi connectivity index (χ4n) is 2.66. The summed E-state index contributed by atoms with van der Waals surface area (Å²) < 4.78 is 0. The molecule has 0 radical (unpaired) electrons. The van der Waals surface area contributed by atoms with Gasteiger partial charge in [0.05, 0.1) is 0 Å². The van der Waals surface area contributed by atoms with Crippen LogP contribution in [0.15, 0.2) is 24.5 Å². The highest BCUT2D eigenvalue weighted by molar-refractivity contribution is 5.79. The van der Waals surface area contributed by atoms with E-state index in [-0.39, 0.29) is 5.54 Å². The summed E-state index contributed by atoms with van der Waals surface area (Å²) in [7, 11) is 0. The molecule has 0 aliphatic carbocycles. The largest absolute Gasteiger partial charge is 0.346 e. The minimum atomic E-state index is 0.212. The summed E-state index contributed by atoms with van der Waals surface area (Å²) >= 11 is 0.